The van der Waals surface area contributed by atoms with Crippen LogP contribution in [-0.4, -0.2) is 18.1 Å². The summed E-state index contributed by atoms with van der Waals surface area (Å²) in [7, 11) is 0. The van der Waals surface area contributed by atoms with Crippen molar-refractivity contribution < 1.29 is 9.53 Å². The average Bonchev–Trinajstić information content (AvgIpc) is 2.79. The van der Waals surface area contributed by atoms with Crippen LogP contribution in [0.5, 0.6) is 0 Å². The van der Waals surface area contributed by atoms with Crippen LogP contribution >= 0.6 is 0 Å². The Morgan fingerprint density at radius 3 is 2.67 bits per heavy atom. The Labute approximate surface area is 91.4 Å². The molecular weight excluding hydrogens is 190 g/mol. The van der Waals surface area contributed by atoms with Gasteiger partial charge in [-0.2, -0.15) is 0 Å². The first-order valence-corrected chi connectivity index (χ1v) is 6.01. The zero-order valence-corrected chi connectivity index (χ0v) is 9.66. The minimum atomic E-state index is -0.768. The number of nitrogens with two attached hydrogens (primary N) is 1. The van der Waals surface area contributed by atoms with Gasteiger partial charge < -0.3 is 10.5 Å². The molecule has 4 unspecified atom stereocenters. The number of esters is 1. The Morgan fingerprint density at radius 2 is 2.20 bits per heavy atom. The van der Waals surface area contributed by atoms with E-state index in [4.69, 9.17) is 10.5 Å². The lowest BCUT2D eigenvalue weighted by molar-refractivity contribution is -0.152. The number of rotatable bonds is 3. The summed E-state index contributed by atoms with van der Waals surface area (Å²) in [6.07, 6.45) is 4.98. The molecule has 3 nitrogen and oxygen atoms in total. The number of carbonyl (C=O) groups is 1. The van der Waals surface area contributed by atoms with E-state index < -0.39 is 5.54 Å². The van der Waals surface area contributed by atoms with Crippen LogP contribution in [0.3, 0.4) is 0 Å². The van der Waals surface area contributed by atoms with Crippen molar-refractivity contribution in [2.45, 2.75) is 45.1 Å². The van der Waals surface area contributed by atoms with Crippen LogP contribution in [0.15, 0.2) is 0 Å². The van der Waals surface area contributed by atoms with Crippen LogP contribution in [0.1, 0.15) is 39.5 Å². The topological polar surface area (TPSA) is 52.3 Å². The smallest absolute Gasteiger partial charge is 0.326 e. The highest BCUT2D eigenvalue weighted by Crippen LogP contribution is 2.51. The molecule has 0 aromatic carbocycles. The molecule has 0 heterocycles. The third-order valence-electron chi connectivity index (χ3n) is 4.22. The van der Waals surface area contributed by atoms with Gasteiger partial charge in [-0.1, -0.05) is 6.42 Å². The lowest BCUT2D eigenvalue weighted by atomic mass is 9.75. The maximum absolute atomic E-state index is 11.8. The van der Waals surface area contributed by atoms with Gasteiger partial charge in [0.15, 0.2) is 0 Å². The lowest BCUT2D eigenvalue weighted by Gasteiger charge is -2.34. The molecule has 0 aromatic rings. The molecular formula is C12H21NO2. The minimum absolute atomic E-state index is 0.220. The SMILES string of the molecule is CCOC(=O)C(C)(N)C1CC2CCC1C2. The molecule has 2 aliphatic rings. The predicted molar refractivity (Wildman–Crippen MR) is 58.2 cm³/mol. The maximum Gasteiger partial charge on any atom is 0.326 e. The van der Waals surface area contributed by atoms with Crippen molar-refractivity contribution in [3.05, 3.63) is 0 Å². The van der Waals surface area contributed by atoms with E-state index in [2.05, 4.69) is 0 Å². The first-order valence-electron chi connectivity index (χ1n) is 6.01. The Morgan fingerprint density at radius 1 is 1.47 bits per heavy atom. The number of hydrogen-bond donors (Lipinski definition) is 1. The molecule has 2 bridgehead atoms. The Kier molecular flexibility index (Phi) is 2.75. The quantitative estimate of drug-likeness (QED) is 0.723. The maximum atomic E-state index is 11.8. The highest BCUT2D eigenvalue weighted by molar-refractivity contribution is 5.80. The molecule has 2 rings (SSSR count). The molecule has 0 aromatic heterocycles. The number of hydrogen-bond acceptors (Lipinski definition) is 3. The molecule has 2 aliphatic carbocycles. The summed E-state index contributed by atoms with van der Waals surface area (Å²) in [6, 6.07) is 0. The Bertz CT molecular complexity index is 262. The van der Waals surface area contributed by atoms with Crippen LogP contribution in [0.25, 0.3) is 0 Å². The fraction of sp³-hybridized carbons (Fsp3) is 0.917. The fourth-order valence-electron chi connectivity index (χ4n) is 3.42. The molecule has 2 N–H and O–H groups in total. The lowest BCUT2D eigenvalue weighted by Crippen LogP contribution is -2.54. The molecule has 2 saturated carbocycles. The summed E-state index contributed by atoms with van der Waals surface area (Å²) in [5.41, 5.74) is 5.40. The highest BCUT2D eigenvalue weighted by atomic mass is 16.5. The second kappa shape index (κ2) is 3.78. The van der Waals surface area contributed by atoms with Gasteiger partial charge in [-0.3, -0.25) is 4.79 Å². The first-order chi connectivity index (χ1) is 7.05. The van der Waals surface area contributed by atoms with Gasteiger partial charge in [-0.25, -0.2) is 0 Å². The van der Waals surface area contributed by atoms with Gasteiger partial charge in [-0.05, 0) is 50.9 Å². The van der Waals surface area contributed by atoms with Crippen molar-refractivity contribution in [1.29, 1.82) is 0 Å². The molecule has 0 aliphatic heterocycles. The van der Waals surface area contributed by atoms with Crippen molar-refractivity contribution in [2.24, 2.45) is 23.5 Å². The number of ether oxygens (including phenoxy) is 1. The Balaban J connectivity index is 2.05. The molecule has 0 radical (unpaired) electrons. The van der Waals surface area contributed by atoms with E-state index in [9.17, 15) is 4.79 Å². The zero-order valence-electron chi connectivity index (χ0n) is 9.66. The predicted octanol–water partition coefficient (Wildman–Crippen LogP) is 1.70. The van der Waals surface area contributed by atoms with Crippen molar-refractivity contribution in [3.8, 4) is 0 Å². The third-order valence-corrected chi connectivity index (χ3v) is 4.22. The summed E-state index contributed by atoms with van der Waals surface area (Å²) in [4.78, 5) is 11.8. The van der Waals surface area contributed by atoms with Crippen LogP contribution in [0.2, 0.25) is 0 Å². The van der Waals surface area contributed by atoms with E-state index >= 15 is 0 Å². The second-order valence-electron chi connectivity index (χ2n) is 5.28. The second-order valence-corrected chi connectivity index (χ2v) is 5.28. The van der Waals surface area contributed by atoms with Gasteiger partial charge in [0.1, 0.15) is 5.54 Å². The summed E-state index contributed by atoms with van der Waals surface area (Å²) < 4.78 is 5.06. The van der Waals surface area contributed by atoms with Gasteiger partial charge in [-0.15, -0.1) is 0 Å². The van der Waals surface area contributed by atoms with Crippen LogP contribution in [0, 0.1) is 17.8 Å². The molecule has 0 saturated heterocycles. The normalized spacial score (nSPS) is 37.7. The minimum Gasteiger partial charge on any atom is -0.465 e. The van der Waals surface area contributed by atoms with Crippen molar-refractivity contribution >= 4 is 5.97 Å². The fourth-order valence-corrected chi connectivity index (χ4v) is 3.42. The molecule has 15 heavy (non-hydrogen) atoms. The summed E-state index contributed by atoms with van der Waals surface area (Å²) in [5, 5.41) is 0. The molecule has 0 spiro atoms. The Hall–Kier alpha value is -0.570. The van der Waals surface area contributed by atoms with Gasteiger partial charge in [0, 0.05) is 0 Å². The highest BCUT2D eigenvalue weighted by Gasteiger charge is 2.50. The summed E-state index contributed by atoms with van der Waals surface area (Å²) in [6.45, 7) is 4.09. The van der Waals surface area contributed by atoms with E-state index in [1.54, 1.807) is 0 Å². The average molecular weight is 211 g/mol. The van der Waals surface area contributed by atoms with E-state index in [-0.39, 0.29) is 5.97 Å². The molecule has 0 amide bonds. The van der Waals surface area contributed by atoms with Crippen LogP contribution < -0.4 is 5.73 Å². The van der Waals surface area contributed by atoms with Crippen molar-refractivity contribution in [3.63, 3.8) is 0 Å². The molecule has 2 fully saturated rings. The standard InChI is InChI=1S/C12H21NO2/c1-3-15-11(14)12(2,13)10-7-8-4-5-9(10)6-8/h8-10H,3-7,13H2,1-2H3. The van der Waals surface area contributed by atoms with Crippen molar-refractivity contribution in [1.82, 2.24) is 0 Å². The number of fused-ring (bicyclic) bond motifs is 2. The van der Waals surface area contributed by atoms with E-state index in [0.717, 1.165) is 12.3 Å². The first kappa shape index (κ1) is 10.9. The van der Waals surface area contributed by atoms with Gasteiger partial charge >= 0.3 is 5.97 Å². The van der Waals surface area contributed by atoms with E-state index in [1.165, 1.54) is 19.3 Å². The third kappa shape index (κ3) is 1.78. The van der Waals surface area contributed by atoms with E-state index in [1.807, 2.05) is 13.8 Å². The molecule has 3 heteroatoms. The van der Waals surface area contributed by atoms with Gasteiger partial charge in [0.25, 0.3) is 0 Å². The summed E-state index contributed by atoms with van der Waals surface area (Å²) in [5.74, 6) is 1.60. The van der Waals surface area contributed by atoms with Crippen LogP contribution in [-0.2, 0) is 9.53 Å². The van der Waals surface area contributed by atoms with Gasteiger partial charge in [0.05, 0.1) is 6.61 Å². The van der Waals surface area contributed by atoms with Crippen LogP contribution in [0.4, 0.5) is 0 Å². The monoisotopic (exact) mass is 211 g/mol. The van der Waals surface area contributed by atoms with E-state index in [0.29, 0.717) is 18.4 Å². The van der Waals surface area contributed by atoms with Crippen molar-refractivity contribution in [2.75, 3.05) is 6.61 Å². The summed E-state index contributed by atoms with van der Waals surface area (Å²) >= 11 is 0. The molecule has 4 atom stereocenters. The molecule has 86 valence electrons. The zero-order chi connectivity index (χ0) is 11.1. The van der Waals surface area contributed by atoms with Gasteiger partial charge in [0.2, 0.25) is 0 Å². The number of carbonyl (C=O) groups excluding carboxylic acids is 1. The largest absolute Gasteiger partial charge is 0.465 e.